The zero-order valence-corrected chi connectivity index (χ0v) is 8.82. The highest BCUT2D eigenvalue weighted by molar-refractivity contribution is 6.32. The number of pyridine rings is 1. The zero-order valence-electron chi connectivity index (χ0n) is 8.06. The fourth-order valence-corrected chi connectivity index (χ4v) is 1.44. The average molecular weight is 267 g/mol. The summed E-state index contributed by atoms with van der Waals surface area (Å²) in [5, 5.41) is 18.3. The third-order valence-electron chi connectivity index (χ3n) is 1.83. The molecular formula is C8H5ClF2N2O4. The van der Waals surface area contributed by atoms with Crippen molar-refractivity contribution in [2.45, 2.75) is 12.8 Å². The first kappa shape index (κ1) is 13.2. The second-order valence-electron chi connectivity index (χ2n) is 2.96. The van der Waals surface area contributed by atoms with Crippen molar-refractivity contribution >= 4 is 23.4 Å². The molecule has 9 heteroatoms. The van der Waals surface area contributed by atoms with Crippen molar-refractivity contribution in [1.29, 1.82) is 0 Å². The minimum Gasteiger partial charge on any atom is -0.481 e. The number of aromatic nitrogens is 1. The molecule has 0 saturated heterocycles. The zero-order chi connectivity index (χ0) is 13.2. The SMILES string of the molecule is O=C(O)Cc1cnc([N+](=O)[O-])c(C(F)F)c1Cl. The predicted octanol–water partition coefficient (Wildman–Crippen LogP) is 2.21. The molecule has 0 radical (unpaired) electrons. The summed E-state index contributed by atoms with van der Waals surface area (Å²) in [7, 11) is 0. The quantitative estimate of drug-likeness (QED) is 0.666. The van der Waals surface area contributed by atoms with Crippen molar-refractivity contribution in [1.82, 2.24) is 4.98 Å². The molecule has 1 N–H and O–H groups in total. The Labute approximate surface area is 98.0 Å². The van der Waals surface area contributed by atoms with Gasteiger partial charge in [-0.15, -0.1) is 0 Å². The Morgan fingerprint density at radius 1 is 1.65 bits per heavy atom. The van der Waals surface area contributed by atoms with Crippen LogP contribution in [0, 0.1) is 10.1 Å². The summed E-state index contributed by atoms with van der Waals surface area (Å²) in [4.78, 5) is 22.9. The maximum Gasteiger partial charge on any atom is 0.373 e. The number of nitrogens with zero attached hydrogens (tertiary/aromatic N) is 2. The van der Waals surface area contributed by atoms with Gasteiger partial charge >= 0.3 is 11.8 Å². The first-order valence-electron chi connectivity index (χ1n) is 4.16. The van der Waals surface area contributed by atoms with Crippen LogP contribution in [-0.4, -0.2) is 21.0 Å². The van der Waals surface area contributed by atoms with Crippen LogP contribution in [0.1, 0.15) is 17.6 Å². The number of hydrogen-bond acceptors (Lipinski definition) is 4. The molecule has 0 amide bonds. The van der Waals surface area contributed by atoms with Crippen LogP contribution in [0.4, 0.5) is 14.6 Å². The van der Waals surface area contributed by atoms with Crippen LogP contribution in [-0.2, 0) is 11.2 Å². The number of aliphatic carboxylic acids is 1. The van der Waals surface area contributed by atoms with Gasteiger partial charge in [-0.1, -0.05) is 11.6 Å². The monoisotopic (exact) mass is 266 g/mol. The second-order valence-corrected chi connectivity index (χ2v) is 3.34. The number of halogens is 3. The van der Waals surface area contributed by atoms with E-state index < -0.39 is 40.1 Å². The third kappa shape index (κ3) is 2.84. The molecule has 0 aliphatic heterocycles. The number of nitro groups is 1. The molecule has 1 heterocycles. The highest BCUT2D eigenvalue weighted by Gasteiger charge is 2.29. The molecule has 1 aromatic heterocycles. The molecule has 0 aromatic carbocycles. The number of carbonyl (C=O) groups is 1. The Morgan fingerprint density at radius 3 is 2.65 bits per heavy atom. The highest BCUT2D eigenvalue weighted by atomic mass is 35.5. The molecule has 0 fully saturated rings. The van der Waals surface area contributed by atoms with Gasteiger partial charge in [0.05, 0.1) is 11.4 Å². The van der Waals surface area contributed by atoms with Gasteiger partial charge in [0.1, 0.15) is 11.8 Å². The summed E-state index contributed by atoms with van der Waals surface area (Å²) in [6.07, 6.45) is -3.03. The molecule has 17 heavy (non-hydrogen) atoms. The third-order valence-corrected chi connectivity index (χ3v) is 2.28. The van der Waals surface area contributed by atoms with E-state index in [-0.39, 0.29) is 5.56 Å². The lowest BCUT2D eigenvalue weighted by Gasteiger charge is -2.06. The van der Waals surface area contributed by atoms with Crippen molar-refractivity contribution in [3.05, 3.63) is 32.5 Å². The molecule has 0 aliphatic carbocycles. The van der Waals surface area contributed by atoms with Gasteiger partial charge in [0, 0.05) is 5.56 Å². The minimum atomic E-state index is -3.20. The van der Waals surface area contributed by atoms with Gasteiger partial charge in [0.2, 0.25) is 0 Å². The van der Waals surface area contributed by atoms with Crippen LogP contribution in [0.15, 0.2) is 6.20 Å². The van der Waals surface area contributed by atoms with Crippen molar-refractivity contribution in [2.75, 3.05) is 0 Å². The maximum atomic E-state index is 12.6. The fourth-order valence-electron chi connectivity index (χ4n) is 1.16. The van der Waals surface area contributed by atoms with E-state index in [0.29, 0.717) is 0 Å². The van der Waals surface area contributed by atoms with Gasteiger partial charge in [-0.3, -0.25) is 4.79 Å². The number of rotatable bonds is 4. The lowest BCUT2D eigenvalue weighted by molar-refractivity contribution is -0.391. The Balaban J connectivity index is 3.38. The summed E-state index contributed by atoms with van der Waals surface area (Å²) in [5.41, 5.74) is -1.25. The van der Waals surface area contributed by atoms with E-state index in [2.05, 4.69) is 4.98 Å². The number of carboxylic acid groups (broad SMARTS) is 1. The molecule has 0 spiro atoms. The molecule has 6 nitrogen and oxygen atoms in total. The Kier molecular flexibility index (Phi) is 3.89. The lowest BCUT2D eigenvalue weighted by Crippen LogP contribution is -2.06. The van der Waals surface area contributed by atoms with Gasteiger partial charge in [0.25, 0.3) is 6.43 Å². The van der Waals surface area contributed by atoms with Gasteiger partial charge in [-0.25, -0.2) is 8.78 Å². The van der Waals surface area contributed by atoms with Crippen LogP contribution in [0.25, 0.3) is 0 Å². The standard InChI is InChI=1S/C8H5ClF2N2O4/c9-6-3(1-4(14)15)2-12-8(13(16)17)5(6)7(10)11/h2,7H,1H2,(H,14,15). The van der Waals surface area contributed by atoms with Crippen LogP contribution >= 0.6 is 11.6 Å². The van der Waals surface area contributed by atoms with E-state index in [1.807, 2.05) is 0 Å². The molecule has 0 atom stereocenters. The second kappa shape index (κ2) is 5.00. The van der Waals surface area contributed by atoms with Crippen LogP contribution in [0.2, 0.25) is 5.02 Å². The van der Waals surface area contributed by atoms with Gasteiger partial charge in [-0.2, -0.15) is 0 Å². The molecule has 0 bridgehead atoms. The van der Waals surface area contributed by atoms with Gasteiger partial charge < -0.3 is 15.2 Å². The van der Waals surface area contributed by atoms with Crippen molar-refractivity contribution in [3.8, 4) is 0 Å². The van der Waals surface area contributed by atoms with E-state index in [4.69, 9.17) is 16.7 Å². The Hall–Kier alpha value is -1.83. The van der Waals surface area contributed by atoms with Crippen molar-refractivity contribution < 1.29 is 23.6 Å². The van der Waals surface area contributed by atoms with E-state index >= 15 is 0 Å². The van der Waals surface area contributed by atoms with Crippen molar-refractivity contribution in [3.63, 3.8) is 0 Å². The number of alkyl halides is 2. The molecular weight excluding hydrogens is 262 g/mol. The summed E-state index contributed by atoms with van der Waals surface area (Å²) in [6, 6.07) is 0. The van der Waals surface area contributed by atoms with Gasteiger partial charge in [-0.05, 0) is 9.91 Å². The number of hydrogen-bond donors (Lipinski definition) is 1. The largest absolute Gasteiger partial charge is 0.481 e. The lowest BCUT2D eigenvalue weighted by atomic mass is 10.1. The first-order valence-corrected chi connectivity index (χ1v) is 4.54. The molecule has 0 unspecified atom stereocenters. The average Bonchev–Trinajstić information content (AvgIpc) is 2.19. The fraction of sp³-hybridized carbons (Fsp3) is 0.250. The highest BCUT2D eigenvalue weighted by Crippen LogP contribution is 2.35. The van der Waals surface area contributed by atoms with Crippen LogP contribution < -0.4 is 0 Å². The summed E-state index contributed by atoms with van der Waals surface area (Å²) < 4.78 is 25.2. The molecule has 0 saturated carbocycles. The molecule has 92 valence electrons. The maximum absolute atomic E-state index is 12.6. The normalized spacial score (nSPS) is 10.6. The topological polar surface area (TPSA) is 93.3 Å². The summed E-state index contributed by atoms with van der Waals surface area (Å²) in [5.74, 6) is -2.37. The molecule has 1 aromatic rings. The van der Waals surface area contributed by atoms with Crippen LogP contribution in [0.3, 0.4) is 0 Å². The predicted molar refractivity (Wildman–Crippen MR) is 52.2 cm³/mol. The Morgan fingerprint density at radius 2 is 2.24 bits per heavy atom. The summed E-state index contributed by atoms with van der Waals surface area (Å²) in [6.45, 7) is 0. The smallest absolute Gasteiger partial charge is 0.373 e. The van der Waals surface area contributed by atoms with Crippen LogP contribution in [0.5, 0.6) is 0 Å². The van der Waals surface area contributed by atoms with E-state index in [9.17, 15) is 23.7 Å². The summed E-state index contributed by atoms with van der Waals surface area (Å²) >= 11 is 5.51. The Bertz CT molecular complexity index is 481. The first-order chi connectivity index (χ1) is 7.84. The van der Waals surface area contributed by atoms with E-state index in [1.165, 1.54) is 0 Å². The van der Waals surface area contributed by atoms with Gasteiger partial charge in [0.15, 0.2) is 0 Å². The number of carboxylic acids is 1. The molecule has 1 rings (SSSR count). The van der Waals surface area contributed by atoms with Crippen molar-refractivity contribution in [2.24, 2.45) is 0 Å². The van der Waals surface area contributed by atoms with E-state index in [1.54, 1.807) is 0 Å². The van der Waals surface area contributed by atoms with E-state index in [0.717, 1.165) is 6.20 Å². The minimum absolute atomic E-state index is 0.194. The molecule has 0 aliphatic rings.